The number of aliphatic hydroxyl groups excluding tert-OH is 1. The molecule has 0 bridgehead atoms. The Kier molecular flexibility index (Phi) is 4.96. The van der Waals surface area contributed by atoms with Crippen LogP contribution in [0.3, 0.4) is 0 Å². The minimum absolute atomic E-state index is 0.102. The molecule has 1 aromatic carbocycles. The predicted octanol–water partition coefficient (Wildman–Crippen LogP) is 2.38. The number of halogens is 1. The van der Waals surface area contributed by atoms with Crippen molar-refractivity contribution in [1.82, 2.24) is 15.1 Å². The molecule has 0 amide bonds. The zero-order valence-corrected chi connectivity index (χ0v) is 11.6. The van der Waals surface area contributed by atoms with Gasteiger partial charge >= 0.3 is 0 Å². The summed E-state index contributed by atoms with van der Waals surface area (Å²) in [5.41, 5.74) is 2.18. The molecule has 0 spiro atoms. The third kappa shape index (κ3) is 3.80. The molecule has 2 N–H and O–H groups in total. The molecule has 102 valence electrons. The second-order valence-corrected chi connectivity index (χ2v) is 4.87. The first-order chi connectivity index (χ1) is 9.20. The minimum atomic E-state index is 0.102. The van der Waals surface area contributed by atoms with Gasteiger partial charge in [-0.05, 0) is 18.6 Å². The van der Waals surface area contributed by atoms with E-state index in [4.69, 9.17) is 16.7 Å². The summed E-state index contributed by atoms with van der Waals surface area (Å²) in [6, 6.07) is 8.01. The van der Waals surface area contributed by atoms with Crippen molar-refractivity contribution in [3.63, 3.8) is 0 Å². The van der Waals surface area contributed by atoms with Gasteiger partial charge in [0.25, 0.3) is 0 Å². The molecule has 0 aliphatic carbocycles. The summed E-state index contributed by atoms with van der Waals surface area (Å²) in [7, 11) is 0. The maximum Gasteiger partial charge on any atom is 0.0640 e. The van der Waals surface area contributed by atoms with Crippen LogP contribution in [0.4, 0.5) is 0 Å². The molecule has 1 atom stereocenters. The largest absolute Gasteiger partial charge is 0.394 e. The van der Waals surface area contributed by atoms with Crippen LogP contribution < -0.4 is 5.32 Å². The van der Waals surface area contributed by atoms with Gasteiger partial charge in [0.05, 0.1) is 19.3 Å². The van der Waals surface area contributed by atoms with Crippen LogP contribution >= 0.6 is 11.6 Å². The molecule has 0 radical (unpaired) electrons. The number of rotatable bonds is 6. The van der Waals surface area contributed by atoms with Crippen LogP contribution in [0.2, 0.25) is 5.02 Å². The maximum absolute atomic E-state index is 8.84. The van der Waals surface area contributed by atoms with Crippen LogP contribution in [0, 0.1) is 0 Å². The van der Waals surface area contributed by atoms with Crippen molar-refractivity contribution in [1.29, 1.82) is 0 Å². The summed E-state index contributed by atoms with van der Waals surface area (Å²) in [5.74, 6) is 0. The Balaban J connectivity index is 1.92. The van der Waals surface area contributed by atoms with E-state index in [1.165, 1.54) is 0 Å². The Bertz CT molecular complexity index is 527. The predicted molar refractivity (Wildman–Crippen MR) is 76.0 cm³/mol. The van der Waals surface area contributed by atoms with Crippen molar-refractivity contribution in [2.45, 2.75) is 26.1 Å². The Morgan fingerprint density at radius 1 is 1.42 bits per heavy atom. The fourth-order valence-corrected chi connectivity index (χ4v) is 2.23. The molecule has 1 unspecified atom stereocenters. The molecular weight excluding hydrogens is 262 g/mol. The molecule has 19 heavy (non-hydrogen) atoms. The van der Waals surface area contributed by atoms with Gasteiger partial charge in [0, 0.05) is 29.4 Å². The van der Waals surface area contributed by atoms with Gasteiger partial charge in [-0.15, -0.1) is 0 Å². The first-order valence-corrected chi connectivity index (χ1v) is 6.68. The van der Waals surface area contributed by atoms with Gasteiger partial charge in [0.2, 0.25) is 0 Å². The standard InChI is InChI=1S/C14H18ClN3O/c1-11(13-4-2-3-5-14(13)15)16-8-12-9-17-18(10-12)6-7-19/h2-5,9-11,16,19H,6-8H2,1H3. The average Bonchev–Trinajstić information content (AvgIpc) is 2.85. The number of aromatic nitrogens is 2. The molecule has 4 nitrogen and oxygen atoms in total. The Morgan fingerprint density at radius 3 is 2.95 bits per heavy atom. The number of benzene rings is 1. The monoisotopic (exact) mass is 279 g/mol. The Hall–Kier alpha value is -1.36. The van der Waals surface area contributed by atoms with Crippen LogP contribution in [0.1, 0.15) is 24.1 Å². The average molecular weight is 280 g/mol. The van der Waals surface area contributed by atoms with Crippen LogP contribution in [0.5, 0.6) is 0 Å². The van der Waals surface area contributed by atoms with Crippen molar-refractivity contribution < 1.29 is 5.11 Å². The van der Waals surface area contributed by atoms with E-state index in [-0.39, 0.29) is 12.6 Å². The van der Waals surface area contributed by atoms with Crippen molar-refractivity contribution >= 4 is 11.6 Å². The van der Waals surface area contributed by atoms with Crippen molar-refractivity contribution in [2.24, 2.45) is 0 Å². The van der Waals surface area contributed by atoms with Gasteiger partial charge in [-0.3, -0.25) is 4.68 Å². The lowest BCUT2D eigenvalue weighted by Crippen LogP contribution is -2.18. The smallest absolute Gasteiger partial charge is 0.0640 e. The maximum atomic E-state index is 8.84. The summed E-state index contributed by atoms with van der Waals surface area (Å²) in [5, 5.41) is 17.2. The lowest BCUT2D eigenvalue weighted by atomic mass is 10.1. The van der Waals surface area contributed by atoms with Gasteiger partial charge in [0.15, 0.2) is 0 Å². The molecule has 0 saturated heterocycles. The van der Waals surface area contributed by atoms with E-state index in [2.05, 4.69) is 17.3 Å². The zero-order valence-electron chi connectivity index (χ0n) is 10.9. The molecule has 0 aliphatic heterocycles. The van der Waals surface area contributed by atoms with Gasteiger partial charge in [-0.1, -0.05) is 29.8 Å². The molecule has 2 aromatic rings. The van der Waals surface area contributed by atoms with Gasteiger partial charge in [-0.25, -0.2) is 0 Å². The van der Waals surface area contributed by atoms with Crippen LogP contribution in [0.15, 0.2) is 36.7 Å². The van der Waals surface area contributed by atoms with Gasteiger partial charge in [-0.2, -0.15) is 5.10 Å². The Morgan fingerprint density at radius 2 is 2.21 bits per heavy atom. The number of hydrogen-bond acceptors (Lipinski definition) is 3. The third-order valence-corrected chi connectivity index (χ3v) is 3.34. The minimum Gasteiger partial charge on any atom is -0.394 e. The van der Waals surface area contributed by atoms with E-state index in [0.717, 1.165) is 22.7 Å². The molecule has 1 aromatic heterocycles. The SMILES string of the molecule is CC(NCc1cnn(CCO)c1)c1ccccc1Cl. The second-order valence-electron chi connectivity index (χ2n) is 4.46. The molecule has 0 fully saturated rings. The van der Waals surface area contributed by atoms with Gasteiger partial charge in [0.1, 0.15) is 0 Å². The third-order valence-electron chi connectivity index (χ3n) is 3.00. The first kappa shape index (κ1) is 14.1. The highest BCUT2D eigenvalue weighted by Crippen LogP contribution is 2.22. The molecule has 0 aliphatic rings. The molecule has 0 saturated carbocycles. The lowest BCUT2D eigenvalue weighted by Gasteiger charge is -2.14. The van der Waals surface area contributed by atoms with E-state index in [1.54, 1.807) is 4.68 Å². The summed E-state index contributed by atoms with van der Waals surface area (Å²) in [6.45, 7) is 3.43. The summed E-state index contributed by atoms with van der Waals surface area (Å²) >= 11 is 6.16. The Labute approximate surface area is 118 Å². The summed E-state index contributed by atoms with van der Waals surface area (Å²) in [4.78, 5) is 0. The van der Waals surface area contributed by atoms with Crippen LogP contribution in [-0.2, 0) is 13.1 Å². The highest BCUT2D eigenvalue weighted by molar-refractivity contribution is 6.31. The number of nitrogens with one attached hydrogen (secondary N) is 1. The van der Waals surface area contributed by atoms with Gasteiger partial charge < -0.3 is 10.4 Å². The fraction of sp³-hybridized carbons (Fsp3) is 0.357. The number of nitrogens with zero attached hydrogens (tertiary/aromatic N) is 2. The van der Waals surface area contributed by atoms with E-state index >= 15 is 0 Å². The quantitative estimate of drug-likeness (QED) is 0.854. The van der Waals surface area contributed by atoms with E-state index < -0.39 is 0 Å². The lowest BCUT2D eigenvalue weighted by molar-refractivity contribution is 0.269. The van der Waals surface area contributed by atoms with Crippen molar-refractivity contribution in [3.8, 4) is 0 Å². The molecule has 2 rings (SSSR count). The van der Waals surface area contributed by atoms with Crippen molar-refractivity contribution in [2.75, 3.05) is 6.61 Å². The fourth-order valence-electron chi connectivity index (χ4n) is 1.93. The molecule has 1 heterocycles. The van der Waals surface area contributed by atoms with E-state index in [0.29, 0.717) is 6.54 Å². The highest BCUT2D eigenvalue weighted by atomic mass is 35.5. The molecular formula is C14H18ClN3O. The summed E-state index contributed by atoms with van der Waals surface area (Å²) in [6.07, 6.45) is 3.74. The first-order valence-electron chi connectivity index (χ1n) is 6.30. The number of hydrogen-bond donors (Lipinski definition) is 2. The van der Waals surface area contributed by atoms with E-state index in [9.17, 15) is 0 Å². The van der Waals surface area contributed by atoms with E-state index in [1.807, 2.05) is 36.7 Å². The van der Waals surface area contributed by atoms with Crippen LogP contribution in [-0.4, -0.2) is 21.5 Å². The zero-order chi connectivity index (χ0) is 13.7. The topological polar surface area (TPSA) is 50.1 Å². The highest BCUT2D eigenvalue weighted by Gasteiger charge is 2.08. The van der Waals surface area contributed by atoms with Crippen molar-refractivity contribution in [3.05, 3.63) is 52.8 Å². The van der Waals surface area contributed by atoms with Crippen LogP contribution in [0.25, 0.3) is 0 Å². The summed E-state index contributed by atoms with van der Waals surface area (Å²) < 4.78 is 1.73. The normalized spacial score (nSPS) is 12.6. The second kappa shape index (κ2) is 6.70. The molecule has 5 heteroatoms. The number of aliphatic hydroxyl groups is 1.